The number of ether oxygens (including phenoxy) is 1. The SMILES string of the molecule is NCC(=O)NCCOc1cc(Cl)ccc1Cl. The Morgan fingerprint density at radius 2 is 2.19 bits per heavy atom. The quantitative estimate of drug-likeness (QED) is 0.790. The predicted octanol–water partition coefficient (Wildman–Crippen LogP) is 1.45. The maximum atomic E-state index is 10.8. The van der Waals surface area contributed by atoms with Gasteiger partial charge in [-0.15, -0.1) is 0 Å². The first-order valence-corrected chi connectivity index (χ1v) is 5.43. The predicted molar refractivity (Wildman–Crippen MR) is 64.0 cm³/mol. The van der Waals surface area contributed by atoms with E-state index in [1.807, 2.05) is 0 Å². The molecule has 1 amide bonds. The van der Waals surface area contributed by atoms with Gasteiger partial charge >= 0.3 is 0 Å². The molecule has 0 saturated heterocycles. The summed E-state index contributed by atoms with van der Waals surface area (Å²) >= 11 is 11.7. The number of amides is 1. The Bertz CT molecular complexity index is 372. The molecule has 0 atom stereocenters. The lowest BCUT2D eigenvalue weighted by Crippen LogP contribution is -2.33. The minimum atomic E-state index is -0.221. The number of benzene rings is 1. The van der Waals surface area contributed by atoms with Gasteiger partial charge in [0.15, 0.2) is 0 Å². The zero-order valence-corrected chi connectivity index (χ0v) is 10.0. The first-order valence-electron chi connectivity index (χ1n) is 4.68. The maximum Gasteiger partial charge on any atom is 0.233 e. The van der Waals surface area contributed by atoms with Gasteiger partial charge in [0, 0.05) is 11.1 Å². The minimum absolute atomic E-state index is 0.0298. The zero-order chi connectivity index (χ0) is 12.0. The summed E-state index contributed by atoms with van der Waals surface area (Å²) in [7, 11) is 0. The van der Waals surface area contributed by atoms with Crippen molar-refractivity contribution in [1.29, 1.82) is 0 Å². The molecule has 0 bridgehead atoms. The summed E-state index contributed by atoms with van der Waals surface area (Å²) in [4.78, 5) is 10.8. The molecule has 4 nitrogen and oxygen atoms in total. The van der Waals surface area contributed by atoms with Gasteiger partial charge in [-0.1, -0.05) is 23.2 Å². The average Bonchev–Trinajstić information content (AvgIpc) is 2.28. The summed E-state index contributed by atoms with van der Waals surface area (Å²) < 4.78 is 5.34. The van der Waals surface area contributed by atoms with E-state index >= 15 is 0 Å². The Balaban J connectivity index is 2.37. The highest BCUT2D eigenvalue weighted by molar-refractivity contribution is 6.34. The van der Waals surface area contributed by atoms with E-state index in [4.69, 9.17) is 33.7 Å². The Morgan fingerprint density at radius 1 is 1.44 bits per heavy atom. The number of hydrogen-bond donors (Lipinski definition) is 2. The fraction of sp³-hybridized carbons (Fsp3) is 0.300. The van der Waals surface area contributed by atoms with Gasteiger partial charge in [-0.05, 0) is 12.1 Å². The summed E-state index contributed by atoms with van der Waals surface area (Å²) in [5.74, 6) is 0.275. The Morgan fingerprint density at radius 3 is 2.88 bits per heavy atom. The van der Waals surface area contributed by atoms with E-state index in [9.17, 15) is 4.79 Å². The van der Waals surface area contributed by atoms with Gasteiger partial charge in [0.1, 0.15) is 12.4 Å². The third kappa shape index (κ3) is 4.26. The van der Waals surface area contributed by atoms with Gasteiger partial charge in [0.25, 0.3) is 0 Å². The monoisotopic (exact) mass is 262 g/mol. The maximum absolute atomic E-state index is 10.8. The molecule has 16 heavy (non-hydrogen) atoms. The summed E-state index contributed by atoms with van der Waals surface area (Å²) in [6, 6.07) is 4.94. The summed E-state index contributed by atoms with van der Waals surface area (Å²) in [6.45, 7) is 0.655. The molecule has 88 valence electrons. The van der Waals surface area contributed by atoms with Gasteiger partial charge in [0.05, 0.1) is 18.1 Å². The van der Waals surface area contributed by atoms with Crippen LogP contribution in [0.5, 0.6) is 5.75 Å². The largest absolute Gasteiger partial charge is 0.490 e. The fourth-order valence-electron chi connectivity index (χ4n) is 1.01. The molecule has 6 heteroatoms. The van der Waals surface area contributed by atoms with Crippen LogP contribution in [-0.4, -0.2) is 25.6 Å². The van der Waals surface area contributed by atoms with Crippen molar-refractivity contribution in [3.05, 3.63) is 28.2 Å². The number of halogens is 2. The first kappa shape index (κ1) is 13.1. The molecule has 0 aliphatic heterocycles. The molecule has 1 rings (SSSR count). The molecule has 1 aromatic carbocycles. The molecular formula is C10H12Cl2N2O2. The van der Waals surface area contributed by atoms with Crippen LogP contribution in [-0.2, 0) is 4.79 Å². The summed E-state index contributed by atoms with van der Waals surface area (Å²) in [6.07, 6.45) is 0. The molecule has 0 heterocycles. The van der Waals surface area contributed by atoms with Crippen LogP contribution in [0, 0.1) is 0 Å². The van der Waals surface area contributed by atoms with E-state index in [-0.39, 0.29) is 12.5 Å². The van der Waals surface area contributed by atoms with Crippen LogP contribution in [0.3, 0.4) is 0 Å². The molecule has 0 saturated carbocycles. The fourth-order valence-corrected chi connectivity index (χ4v) is 1.35. The molecule has 0 aliphatic rings. The van der Waals surface area contributed by atoms with Crippen molar-refractivity contribution in [3.8, 4) is 5.75 Å². The molecular weight excluding hydrogens is 251 g/mol. The van der Waals surface area contributed by atoms with E-state index < -0.39 is 0 Å². The lowest BCUT2D eigenvalue weighted by Gasteiger charge is -2.08. The third-order valence-corrected chi connectivity index (χ3v) is 2.31. The highest BCUT2D eigenvalue weighted by Crippen LogP contribution is 2.27. The van der Waals surface area contributed by atoms with Crippen molar-refractivity contribution in [2.24, 2.45) is 5.73 Å². The lowest BCUT2D eigenvalue weighted by atomic mass is 10.3. The standard InChI is InChI=1S/C10H12Cl2N2O2/c11-7-1-2-8(12)9(5-7)16-4-3-14-10(15)6-13/h1-2,5H,3-4,6,13H2,(H,14,15). The van der Waals surface area contributed by atoms with Gasteiger partial charge in [-0.2, -0.15) is 0 Å². The summed E-state index contributed by atoms with van der Waals surface area (Å²) in [5, 5.41) is 3.60. The molecule has 0 aromatic heterocycles. The molecule has 0 aliphatic carbocycles. The number of nitrogens with one attached hydrogen (secondary N) is 1. The third-order valence-electron chi connectivity index (χ3n) is 1.76. The van der Waals surface area contributed by atoms with Crippen LogP contribution in [0.1, 0.15) is 0 Å². The second kappa shape index (κ2) is 6.58. The Hall–Kier alpha value is -0.970. The summed E-state index contributed by atoms with van der Waals surface area (Å²) in [5.41, 5.74) is 5.12. The van der Waals surface area contributed by atoms with Crippen molar-refractivity contribution in [1.82, 2.24) is 5.32 Å². The number of nitrogens with two attached hydrogens (primary N) is 1. The molecule has 1 aromatic rings. The average molecular weight is 263 g/mol. The number of carbonyl (C=O) groups excluding carboxylic acids is 1. The van der Waals surface area contributed by atoms with Crippen molar-refractivity contribution in [2.45, 2.75) is 0 Å². The second-order valence-electron chi connectivity index (χ2n) is 2.98. The number of hydrogen-bond acceptors (Lipinski definition) is 3. The van der Waals surface area contributed by atoms with E-state index in [2.05, 4.69) is 5.32 Å². The van der Waals surface area contributed by atoms with Crippen LogP contribution in [0.25, 0.3) is 0 Å². The van der Waals surface area contributed by atoms with E-state index in [0.717, 1.165) is 0 Å². The molecule has 0 fully saturated rings. The van der Waals surface area contributed by atoms with Crippen LogP contribution in [0.2, 0.25) is 10.0 Å². The van der Waals surface area contributed by atoms with Gasteiger partial charge in [0.2, 0.25) is 5.91 Å². The Kier molecular flexibility index (Phi) is 5.38. The van der Waals surface area contributed by atoms with Gasteiger partial charge in [-0.25, -0.2) is 0 Å². The van der Waals surface area contributed by atoms with Crippen molar-refractivity contribution in [3.63, 3.8) is 0 Å². The van der Waals surface area contributed by atoms with Gasteiger partial charge < -0.3 is 15.8 Å². The molecule has 0 unspecified atom stereocenters. The van der Waals surface area contributed by atoms with Crippen LogP contribution in [0.15, 0.2) is 18.2 Å². The van der Waals surface area contributed by atoms with Gasteiger partial charge in [-0.3, -0.25) is 4.79 Å². The lowest BCUT2D eigenvalue weighted by molar-refractivity contribution is -0.119. The first-order chi connectivity index (χ1) is 7.63. The van der Waals surface area contributed by atoms with Crippen molar-refractivity contribution in [2.75, 3.05) is 19.7 Å². The number of rotatable bonds is 5. The smallest absolute Gasteiger partial charge is 0.233 e. The topological polar surface area (TPSA) is 64.4 Å². The number of carbonyl (C=O) groups is 1. The molecule has 0 radical (unpaired) electrons. The van der Waals surface area contributed by atoms with Crippen molar-refractivity contribution >= 4 is 29.1 Å². The Labute approximate surface area is 104 Å². The van der Waals surface area contributed by atoms with Crippen LogP contribution < -0.4 is 15.8 Å². The minimum Gasteiger partial charge on any atom is -0.490 e. The highest BCUT2D eigenvalue weighted by atomic mass is 35.5. The van der Waals surface area contributed by atoms with Crippen LogP contribution in [0.4, 0.5) is 0 Å². The molecule has 3 N–H and O–H groups in total. The highest BCUT2D eigenvalue weighted by Gasteiger charge is 2.02. The van der Waals surface area contributed by atoms with Crippen molar-refractivity contribution < 1.29 is 9.53 Å². The second-order valence-corrected chi connectivity index (χ2v) is 3.82. The molecule has 0 spiro atoms. The normalized spacial score (nSPS) is 9.94. The zero-order valence-electron chi connectivity index (χ0n) is 8.50. The van der Waals surface area contributed by atoms with E-state index in [0.29, 0.717) is 28.9 Å². The van der Waals surface area contributed by atoms with E-state index in [1.165, 1.54) is 0 Å². The van der Waals surface area contributed by atoms with Crippen LogP contribution >= 0.6 is 23.2 Å². The van der Waals surface area contributed by atoms with E-state index in [1.54, 1.807) is 18.2 Å².